The highest BCUT2D eigenvalue weighted by atomic mass is 16.1. The second-order valence-electron chi connectivity index (χ2n) is 7.09. The number of carbonyl (C=O) groups is 1. The Balaban J connectivity index is 1.66. The summed E-state index contributed by atoms with van der Waals surface area (Å²) in [5.41, 5.74) is 0.540. The van der Waals surface area contributed by atoms with E-state index in [1.807, 2.05) is 0 Å². The topological polar surface area (TPSA) is 91.0 Å². The van der Waals surface area contributed by atoms with Gasteiger partial charge >= 0.3 is 0 Å². The van der Waals surface area contributed by atoms with Crippen LogP contribution in [-0.4, -0.2) is 48.6 Å². The van der Waals surface area contributed by atoms with E-state index in [0.29, 0.717) is 29.3 Å². The fourth-order valence-electron chi connectivity index (χ4n) is 3.64. The Bertz CT molecular complexity index is 567. The largest absolute Gasteiger partial charge is 0.367 e. The summed E-state index contributed by atoms with van der Waals surface area (Å²) in [6.45, 7) is 2.79. The van der Waals surface area contributed by atoms with Crippen LogP contribution in [0.4, 0.5) is 11.8 Å². The number of rotatable bonds is 6. The number of piperidine rings is 1. The van der Waals surface area contributed by atoms with Crippen LogP contribution in [0.1, 0.15) is 55.3 Å². The van der Waals surface area contributed by atoms with E-state index in [2.05, 4.69) is 31.2 Å². The first-order valence-corrected chi connectivity index (χ1v) is 9.56. The maximum absolute atomic E-state index is 12.7. The molecule has 1 amide bonds. The van der Waals surface area contributed by atoms with Crippen LogP contribution in [0.25, 0.3) is 0 Å². The van der Waals surface area contributed by atoms with Crippen molar-refractivity contribution >= 4 is 17.7 Å². The van der Waals surface area contributed by atoms with Crippen molar-refractivity contribution in [3.8, 4) is 0 Å². The Labute approximate surface area is 149 Å². The van der Waals surface area contributed by atoms with Crippen molar-refractivity contribution in [1.82, 2.24) is 20.6 Å². The molecule has 1 saturated heterocycles. The molecule has 2 fully saturated rings. The third kappa shape index (κ3) is 5.04. The van der Waals surface area contributed by atoms with E-state index in [0.717, 1.165) is 45.3 Å². The molecule has 1 aromatic rings. The van der Waals surface area contributed by atoms with Gasteiger partial charge in [0, 0.05) is 25.8 Å². The minimum absolute atomic E-state index is 0.0838. The number of nitrogens with zero attached hydrogens (tertiary/aromatic N) is 2. The van der Waals surface area contributed by atoms with Gasteiger partial charge in [-0.2, -0.15) is 4.98 Å². The van der Waals surface area contributed by atoms with E-state index < -0.39 is 0 Å². The lowest BCUT2D eigenvalue weighted by molar-refractivity contribution is 0.0944. The van der Waals surface area contributed by atoms with Gasteiger partial charge in [-0.15, -0.1) is 0 Å². The van der Waals surface area contributed by atoms with Gasteiger partial charge in [0.1, 0.15) is 11.4 Å². The molecule has 7 nitrogen and oxygen atoms in total. The molecule has 1 aromatic heterocycles. The van der Waals surface area contributed by atoms with Crippen LogP contribution in [0.2, 0.25) is 0 Å². The SMILES string of the molecule is CNc1ncc(C(=O)NCC2CCNCC2)c(NC2CCCCC2)n1. The highest BCUT2D eigenvalue weighted by molar-refractivity contribution is 5.98. The fraction of sp³-hybridized carbons (Fsp3) is 0.722. The summed E-state index contributed by atoms with van der Waals surface area (Å²) in [6, 6.07) is 0.393. The van der Waals surface area contributed by atoms with Crippen LogP contribution in [0.5, 0.6) is 0 Å². The summed E-state index contributed by atoms with van der Waals surface area (Å²) < 4.78 is 0. The number of nitrogens with one attached hydrogen (secondary N) is 4. The average molecular weight is 346 g/mol. The highest BCUT2D eigenvalue weighted by Crippen LogP contribution is 2.23. The second-order valence-corrected chi connectivity index (χ2v) is 7.09. The lowest BCUT2D eigenvalue weighted by Gasteiger charge is -2.25. The molecular formula is C18H30N6O. The Morgan fingerprint density at radius 2 is 1.96 bits per heavy atom. The van der Waals surface area contributed by atoms with E-state index in [9.17, 15) is 4.79 Å². The zero-order chi connectivity index (χ0) is 17.5. The molecule has 0 spiro atoms. The predicted molar refractivity (Wildman–Crippen MR) is 100 cm³/mol. The molecule has 0 atom stereocenters. The van der Waals surface area contributed by atoms with Crippen molar-refractivity contribution in [3.63, 3.8) is 0 Å². The summed E-state index contributed by atoms with van der Waals surface area (Å²) in [6.07, 6.45) is 9.89. The zero-order valence-corrected chi connectivity index (χ0v) is 15.1. The molecule has 0 aromatic carbocycles. The summed E-state index contributed by atoms with van der Waals surface area (Å²) in [5, 5.41) is 12.9. The predicted octanol–water partition coefficient (Wildman–Crippen LogP) is 1.99. The molecule has 0 bridgehead atoms. The quantitative estimate of drug-likeness (QED) is 0.630. The Hall–Kier alpha value is -1.89. The van der Waals surface area contributed by atoms with E-state index >= 15 is 0 Å². The van der Waals surface area contributed by atoms with E-state index in [1.54, 1.807) is 13.2 Å². The monoisotopic (exact) mass is 346 g/mol. The second kappa shape index (κ2) is 8.99. The van der Waals surface area contributed by atoms with Gasteiger partial charge in [0.25, 0.3) is 5.91 Å². The maximum Gasteiger partial charge on any atom is 0.256 e. The van der Waals surface area contributed by atoms with Crippen molar-refractivity contribution in [3.05, 3.63) is 11.8 Å². The van der Waals surface area contributed by atoms with Gasteiger partial charge in [-0.05, 0) is 44.7 Å². The lowest BCUT2D eigenvalue weighted by Crippen LogP contribution is -2.36. The minimum atomic E-state index is -0.0838. The molecule has 2 heterocycles. The van der Waals surface area contributed by atoms with Crippen LogP contribution in [0.15, 0.2) is 6.20 Å². The molecule has 0 unspecified atom stereocenters. The van der Waals surface area contributed by atoms with Crippen LogP contribution in [0, 0.1) is 5.92 Å². The van der Waals surface area contributed by atoms with Crippen molar-refractivity contribution in [1.29, 1.82) is 0 Å². The van der Waals surface area contributed by atoms with Gasteiger partial charge in [-0.1, -0.05) is 19.3 Å². The summed E-state index contributed by atoms with van der Waals surface area (Å²) in [4.78, 5) is 21.4. The molecule has 7 heteroatoms. The van der Waals surface area contributed by atoms with Crippen molar-refractivity contribution < 1.29 is 4.79 Å². The van der Waals surface area contributed by atoms with Crippen LogP contribution in [-0.2, 0) is 0 Å². The van der Waals surface area contributed by atoms with Crippen molar-refractivity contribution in [2.45, 2.75) is 51.0 Å². The number of amides is 1. The molecular weight excluding hydrogens is 316 g/mol. The Kier molecular flexibility index (Phi) is 6.44. The number of aromatic nitrogens is 2. The molecule has 138 valence electrons. The van der Waals surface area contributed by atoms with Gasteiger partial charge in [-0.25, -0.2) is 4.98 Å². The van der Waals surface area contributed by atoms with Crippen molar-refractivity contribution in [2.24, 2.45) is 5.92 Å². The van der Waals surface area contributed by atoms with Gasteiger partial charge < -0.3 is 21.3 Å². The number of carbonyl (C=O) groups excluding carboxylic acids is 1. The zero-order valence-electron chi connectivity index (χ0n) is 15.1. The first kappa shape index (κ1) is 17.9. The standard InChI is InChI=1S/C18H30N6O/c1-19-18-22-12-15(16(24-18)23-14-5-3-2-4-6-14)17(25)21-11-13-7-9-20-10-8-13/h12-14,20H,2-11H2,1H3,(H,21,25)(H2,19,22,23,24). The molecule has 1 saturated carbocycles. The fourth-order valence-corrected chi connectivity index (χ4v) is 3.64. The Morgan fingerprint density at radius 3 is 2.68 bits per heavy atom. The number of hydrogen-bond donors (Lipinski definition) is 4. The van der Waals surface area contributed by atoms with Crippen LogP contribution >= 0.6 is 0 Å². The lowest BCUT2D eigenvalue weighted by atomic mass is 9.95. The summed E-state index contributed by atoms with van der Waals surface area (Å²) >= 11 is 0. The minimum Gasteiger partial charge on any atom is -0.367 e. The van der Waals surface area contributed by atoms with Gasteiger partial charge in [-0.3, -0.25) is 4.79 Å². The normalized spacial score (nSPS) is 19.4. The summed E-state index contributed by atoms with van der Waals surface area (Å²) in [5.74, 6) is 1.65. The molecule has 1 aliphatic carbocycles. The first-order chi connectivity index (χ1) is 12.3. The Morgan fingerprint density at radius 1 is 1.20 bits per heavy atom. The molecule has 25 heavy (non-hydrogen) atoms. The first-order valence-electron chi connectivity index (χ1n) is 9.56. The smallest absolute Gasteiger partial charge is 0.256 e. The van der Waals surface area contributed by atoms with E-state index in [-0.39, 0.29) is 5.91 Å². The molecule has 1 aliphatic heterocycles. The number of hydrogen-bond acceptors (Lipinski definition) is 6. The molecule has 2 aliphatic rings. The van der Waals surface area contributed by atoms with Gasteiger partial charge in [0.2, 0.25) is 5.95 Å². The van der Waals surface area contributed by atoms with Crippen LogP contribution < -0.4 is 21.3 Å². The van der Waals surface area contributed by atoms with E-state index in [1.165, 1.54) is 19.3 Å². The molecule has 3 rings (SSSR count). The highest BCUT2D eigenvalue weighted by Gasteiger charge is 2.21. The van der Waals surface area contributed by atoms with Gasteiger partial charge in [0.15, 0.2) is 0 Å². The molecule has 0 radical (unpaired) electrons. The van der Waals surface area contributed by atoms with Gasteiger partial charge in [0.05, 0.1) is 0 Å². The van der Waals surface area contributed by atoms with Crippen LogP contribution in [0.3, 0.4) is 0 Å². The number of anilines is 2. The maximum atomic E-state index is 12.7. The third-order valence-electron chi connectivity index (χ3n) is 5.21. The third-order valence-corrected chi connectivity index (χ3v) is 5.21. The van der Waals surface area contributed by atoms with E-state index in [4.69, 9.17) is 0 Å². The average Bonchev–Trinajstić information content (AvgIpc) is 2.67. The molecule has 4 N–H and O–H groups in total. The van der Waals surface area contributed by atoms with Crippen molar-refractivity contribution in [2.75, 3.05) is 37.3 Å². The summed E-state index contributed by atoms with van der Waals surface area (Å²) in [7, 11) is 1.79.